The van der Waals surface area contributed by atoms with Crippen molar-refractivity contribution in [2.45, 2.75) is 44.6 Å². The molecule has 2 saturated heterocycles. The lowest BCUT2D eigenvalue weighted by Gasteiger charge is -2.31. The van der Waals surface area contributed by atoms with Gasteiger partial charge in [-0.25, -0.2) is 14.4 Å². The van der Waals surface area contributed by atoms with E-state index in [0.29, 0.717) is 11.9 Å². The van der Waals surface area contributed by atoms with Crippen molar-refractivity contribution in [3.05, 3.63) is 29.9 Å². The van der Waals surface area contributed by atoms with Crippen molar-refractivity contribution in [3.8, 4) is 0 Å². The summed E-state index contributed by atoms with van der Waals surface area (Å²) in [6, 6.07) is 0. The smallest absolute Gasteiger partial charge is 0.225 e. The summed E-state index contributed by atoms with van der Waals surface area (Å²) in [6.45, 7) is 4.93. The lowest BCUT2D eigenvalue weighted by molar-refractivity contribution is 0.213. The molecule has 140 valence electrons. The van der Waals surface area contributed by atoms with Crippen LogP contribution in [0.5, 0.6) is 0 Å². The molecule has 4 rings (SSSR count). The van der Waals surface area contributed by atoms with Crippen molar-refractivity contribution in [1.29, 1.82) is 0 Å². The minimum atomic E-state index is -0.399. The van der Waals surface area contributed by atoms with Gasteiger partial charge in [-0.3, -0.25) is 4.90 Å². The van der Waals surface area contributed by atoms with Crippen LogP contribution in [0.15, 0.2) is 12.4 Å². The summed E-state index contributed by atoms with van der Waals surface area (Å²) in [5.41, 5.74) is 0. The van der Waals surface area contributed by atoms with Gasteiger partial charge in [0.2, 0.25) is 5.95 Å². The first kappa shape index (κ1) is 17.3. The molecule has 0 N–H and O–H groups in total. The van der Waals surface area contributed by atoms with Crippen LogP contribution in [0.4, 0.5) is 10.3 Å². The van der Waals surface area contributed by atoms with E-state index in [1.165, 1.54) is 31.7 Å². The monoisotopic (exact) mass is 359 g/mol. The normalized spacial score (nSPS) is 19.8. The molecule has 2 aromatic heterocycles. The van der Waals surface area contributed by atoms with Crippen LogP contribution in [0.3, 0.4) is 0 Å². The van der Waals surface area contributed by atoms with Gasteiger partial charge in [0.25, 0.3) is 0 Å². The Morgan fingerprint density at radius 1 is 1.00 bits per heavy atom. The first-order valence-electron chi connectivity index (χ1n) is 9.54. The quantitative estimate of drug-likeness (QED) is 0.833. The van der Waals surface area contributed by atoms with Gasteiger partial charge in [-0.15, -0.1) is 10.2 Å². The Morgan fingerprint density at radius 3 is 2.38 bits per heavy atom. The number of hydrogen-bond acceptors (Lipinski definition) is 6. The standard InChI is InChI=1S/C18H26FN7/c1-24-16(13-25-7-3-2-4-8-25)22-23-17(24)14-5-9-26(10-6-14)18-20-11-15(19)12-21-18/h11-12,14H,2-10,13H2,1H3. The number of halogens is 1. The third-order valence-corrected chi connectivity index (χ3v) is 5.56. The van der Waals surface area contributed by atoms with Gasteiger partial charge in [0, 0.05) is 26.1 Å². The second-order valence-electron chi connectivity index (χ2n) is 7.33. The van der Waals surface area contributed by atoms with Crippen LogP contribution in [0.1, 0.15) is 49.7 Å². The van der Waals surface area contributed by atoms with Crippen molar-refractivity contribution in [2.75, 3.05) is 31.1 Å². The van der Waals surface area contributed by atoms with E-state index in [9.17, 15) is 4.39 Å². The highest BCUT2D eigenvalue weighted by Crippen LogP contribution is 2.28. The lowest BCUT2D eigenvalue weighted by Crippen LogP contribution is -2.35. The molecule has 0 unspecified atom stereocenters. The molecule has 2 aliphatic rings. The third-order valence-electron chi connectivity index (χ3n) is 5.56. The Kier molecular flexibility index (Phi) is 5.10. The first-order valence-corrected chi connectivity index (χ1v) is 9.54. The third kappa shape index (κ3) is 3.70. The van der Waals surface area contributed by atoms with E-state index in [1.54, 1.807) is 0 Å². The van der Waals surface area contributed by atoms with Gasteiger partial charge >= 0.3 is 0 Å². The fourth-order valence-corrected chi connectivity index (χ4v) is 3.99. The number of likely N-dealkylation sites (tertiary alicyclic amines) is 1. The lowest BCUT2D eigenvalue weighted by atomic mass is 9.96. The van der Waals surface area contributed by atoms with Gasteiger partial charge in [0.1, 0.15) is 11.6 Å². The fraction of sp³-hybridized carbons (Fsp3) is 0.667. The Balaban J connectivity index is 1.37. The topological polar surface area (TPSA) is 63.0 Å². The molecule has 0 radical (unpaired) electrons. The molecule has 0 aliphatic carbocycles. The zero-order chi connectivity index (χ0) is 17.9. The number of hydrogen-bond donors (Lipinski definition) is 0. The molecule has 8 heteroatoms. The van der Waals surface area contributed by atoms with Gasteiger partial charge in [-0.1, -0.05) is 6.42 Å². The highest BCUT2D eigenvalue weighted by Gasteiger charge is 2.26. The molecule has 0 saturated carbocycles. The second-order valence-corrected chi connectivity index (χ2v) is 7.33. The molecule has 0 bridgehead atoms. The molecule has 2 aliphatic heterocycles. The largest absolute Gasteiger partial charge is 0.341 e. The molecule has 0 amide bonds. The number of rotatable bonds is 4. The number of nitrogens with zero attached hydrogens (tertiary/aromatic N) is 7. The highest BCUT2D eigenvalue weighted by molar-refractivity contribution is 5.30. The van der Waals surface area contributed by atoms with Crippen LogP contribution in [0.2, 0.25) is 0 Å². The van der Waals surface area contributed by atoms with Crippen molar-refractivity contribution in [1.82, 2.24) is 29.6 Å². The maximum absolute atomic E-state index is 13.0. The van der Waals surface area contributed by atoms with Crippen molar-refractivity contribution < 1.29 is 4.39 Å². The molecular formula is C18H26FN7. The van der Waals surface area contributed by atoms with E-state index in [0.717, 1.165) is 57.2 Å². The maximum Gasteiger partial charge on any atom is 0.225 e. The van der Waals surface area contributed by atoms with Crippen LogP contribution >= 0.6 is 0 Å². The molecule has 0 spiro atoms. The van der Waals surface area contributed by atoms with Crippen LogP contribution in [0.25, 0.3) is 0 Å². The van der Waals surface area contributed by atoms with Crippen molar-refractivity contribution >= 4 is 5.95 Å². The predicted octanol–water partition coefficient (Wildman–Crippen LogP) is 2.11. The number of aromatic nitrogens is 5. The summed E-state index contributed by atoms with van der Waals surface area (Å²) < 4.78 is 15.2. The summed E-state index contributed by atoms with van der Waals surface area (Å²) in [5.74, 6) is 2.75. The second kappa shape index (κ2) is 7.65. The van der Waals surface area contributed by atoms with E-state index in [-0.39, 0.29) is 0 Å². The Morgan fingerprint density at radius 2 is 1.69 bits per heavy atom. The molecular weight excluding hydrogens is 333 g/mol. The number of anilines is 1. The Labute approximate surface area is 153 Å². The van der Waals surface area contributed by atoms with Crippen LogP contribution < -0.4 is 4.90 Å². The van der Waals surface area contributed by atoms with Gasteiger partial charge in [0.15, 0.2) is 5.82 Å². The van der Waals surface area contributed by atoms with Crippen LogP contribution in [-0.4, -0.2) is 55.8 Å². The van der Waals surface area contributed by atoms with E-state index >= 15 is 0 Å². The van der Waals surface area contributed by atoms with Crippen LogP contribution in [-0.2, 0) is 13.6 Å². The van der Waals surface area contributed by atoms with Gasteiger partial charge in [-0.2, -0.15) is 0 Å². The molecule has 7 nitrogen and oxygen atoms in total. The van der Waals surface area contributed by atoms with Crippen molar-refractivity contribution in [2.24, 2.45) is 7.05 Å². The van der Waals surface area contributed by atoms with Gasteiger partial charge < -0.3 is 9.47 Å². The average molecular weight is 359 g/mol. The first-order chi connectivity index (χ1) is 12.7. The van der Waals surface area contributed by atoms with Gasteiger partial charge in [0.05, 0.1) is 18.9 Å². The predicted molar refractivity (Wildman–Crippen MR) is 96.3 cm³/mol. The minimum absolute atomic E-state index is 0.399. The van der Waals surface area contributed by atoms with Crippen molar-refractivity contribution in [3.63, 3.8) is 0 Å². The summed E-state index contributed by atoms with van der Waals surface area (Å²) >= 11 is 0. The summed E-state index contributed by atoms with van der Waals surface area (Å²) in [5, 5.41) is 8.96. The molecule has 2 aromatic rings. The van der Waals surface area contributed by atoms with E-state index in [2.05, 4.69) is 41.6 Å². The summed E-state index contributed by atoms with van der Waals surface area (Å²) in [7, 11) is 2.09. The average Bonchev–Trinajstić information content (AvgIpc) is 3.04. The molecule has 2 fully saturated rings. The SMILES string of the molecule is Cn1c(CN2CCCCC2)nnc1C1CCN(c2ncc(F)cn2)CC1. The summed E-state index contributed by atoms with van der Waals surface area (Å²) in [6.07, 6.45) is 8.33. The molecule has 0 aromatic carbocycles. The highest BCUT2D eigenvalue weighted by atomic mass is 19.1. The van der Waals surface area contributed by atoms with E-state index in [4.69, 9.17) is 0 Å². The van der Waals surface area contributed by atoms with Gasteiger partial charge in [-0.05, 0) is 38.8 Å². The fourth-order valence-electron chi connectivity index (χ4n) is 3.99. The minimum Gasteiger partial charge on any atom is -0.341 e. The zero-order valence-electron chi connectivity index (χ0n) is 15.3. The Hall–Kier alpha value is -2.09. The maximum atomic E-state index is 13.0. The number of piperidine rings is 2. The van der Waals surface area contributed by atoms with Crippen LogP contribution in [0, 0.1) is 5.82 Å². The van der Waals surface area contributed by atoms with E-state index < -0.39 is 5.82 Å². The Bertz CT molecular complexity index is 716. The molecule has 4 heterocycles. The van der Waals surface area contributed by atoms with E-state index in [1.807, 2.05) is 0 Å². The summed E-state index contributed by atoms with van der Waals surface area (Å²) in [4.78, 5) is 12.8. The molecule has 26 heavy (non-hydrogen) atoms. The molecule has 0 atom stereocenters. The zero-order valence-corrected chi connectivity index (χ0v) is 15.3.